The van der Waals surface area contributed by atoms with Crippen molar-refractivity contribution in [3.8, 4) is 0 Å². The molecule has 0 spiro atoms. The molecule has 1 aliphatic heterocycles. The van der Waals surface area contributed by atoms with Crippen molar-refractivity contribution in [1.82, 2.24) is 10.3 Å². The Hall–Kier alpha value is -0.990. The molecule has 3 heteroatoms. The second-order valence-corrected chi connectivity index (χ2v) is 5.62. The van der Waals surface area contributed by atoms with E-state index < -0.39 is 0 Å². The number of fused-ring (bicyclic) bond motifs is 3. The van der Waals surface area contributed by atoms with Gasteiger partial charge in [0.15, 0.2) is 0 Å². The zero-order chi connectivity index (χ0) is 11.3. The first kappa shape index (κ1) is 10.2. The maximum Gasteiger partial charge on any atom is 0.0460 e. The van der Waals surface area contributed by atoms with Crippen LogP contribution in [0.1, 0.15) is 25.1 Å². The van der Waals surface area contributed by atoms with Gasteiger partial charge in [-0.25, -0.2) is 0 Å². The summed E-state index contributed by atoms with van der Waals surface area (Å²) >= 11 is 6.04. The standard InChI is InChI=1S/C13H15ClN2/c1-13(2)6-12-10(7-15-13)9-5-8(14)3-4-11(9)16-12/h3-5,15-16H,6-7H2,1-2H3. The summed E-state index contributed by atoms with van der Waals surface area (Å²) < 4.78 is 0. The molecular weight excluding hydrogens is 220 g/mol. The van der Waals surface area contributed by atoms with E-state index in [1.165, 1.54) is 22.2 Å². The summed E-state index contributed by atoms with van der Waals surface area (Å²) in [4.78, 5) is 3.50. The minimum Gasteiger partial charge on any atom is -0.358 e. The van der Waals surface area contributed by atoms with Gasteiger partial charge < -0.3 is 10.3 Å². The molecular formula is C13H15ClN2. The fourth-order valence-corrected chi connectivity index (χ4v) is 2.63. The summed E-state index contributed by atoms with van der Waals surface area (Å²) in [5, 5.41) is 5.61. The molecule has 1 aromatic heterocycles. The van der Waals surface area contributed by atoms with Crippen LogP contribution in [0.15, 0.2) is 18.2 Å². The van der Waals surface area contributed by atoms with Crippen LogP contribution in [-0.4, -0.2) is 10.5 Å². The third kappa shape index (κ3) is 1.53. The average molecular weight is 235 g/mol. The number of nitrogens with one attached hydrogen (secondary N) is 2. The highest BCUT2D eigenvalue weighted by Crippen LogP contribution is 2.30. The van der Waals surface area contributed by atoms with Crippen molar-refractivity contribution in [2.75, 3.05) is 0 Å². The van der Waals surface area contributed by atoms with E-state index in [9.17, 15) is 0 Å². The van der Waals surface area contributed by atoms with Crippen molar-refractivity contribution < 1.29 is 0 Å². The number of benzene rings is 1. The molecule has 0 fully saturated rings. The number of halogens is 1. The van der Waals surface area contributed by atoms with Crippen LogP contribution in [0.5, 0.6) is 0 Å². The van der Waals surface area contributed by atoms with Crippen molar-refractivity contribution in [3.63, 3.8) is 0 Å². The van der Waals surface area contributed by atoms with E-state index in [1.807, 2.05) is 12.1 Å². The van der Waals surface area contributed by atoms with Crippen molar-refractivity contribution in [3.05, 3.63) is 34.5 Å². The summed E-state index contributed by atoms with van der Waals surface area (Å²) in [6.45, 7) is 5.38. The lowest BCUT2D eigenvalue weighted by molar-refractivity contribution is 0.360. The topological polar surface area (TPSA) is 27.8 Å². The Bertz CT molecular complexity index is 554. The molecule has 0 saturated heterocycles. The molecule has 3 rings (SSSR count). The van der Waals surface area contributed by atoms with Crippen molar-refractivity contribution in [1.29, 1.82) is 0 Å². The number of aromatic nitrogens is 1. The predicted octanol–water partition coefficient (Wildman–Crippen LogP) is 3.25. The Morgan fingerprint density at radius 2 is 2.12 bits per heavy atom. The zero-order valence-electron chi connectivity index (χ0n) is 9.52. The number of H-pyrrole nitrogens is 1. The largest absolute Gasteiger partial charge is 0.358 e. The molecule has 0 radical (unpaired) electrons. The van der Waals surface area contributed by atoms with Gasteiger partial charge in [0.2, 0.25) is 0 Å². The van der Waals surface area contributed by atoms with Gasteiger partial charge in [-0.2, -0.15) is 0 Å². The van der Waals surface area contributed by atoms with Crippen molar-refractivity contribution >= 4 is 22.5 Å². The van der Waals surface area contributed by atoms with Crippen LogP contribution < -0.4 is 5.32 Å². The normalized spacial score (nSPS) is 18.7. The molecule has 0 saturated carbocycles. The lowest BCUT2D eigenvalue weighted by Crippen LogP contribution is -2.44. The van der Waals surface area contributed by atoms with E-state index >= 15 is 0 Å². The molecule has 2 heterocycles. The van der Waals surface area contributed by atoms with E-state index in [4.69, 9.17) is 11.6 Å². The van der Waals surface area contributed by atoms with Crippen LogP contribution >= 0.6 is 11.6 Å². The summed E-state index contributed by atoms with van der Waals surface area (Å²) in [6, 6.07) is 6.04. The molecule has 1 aromatic carbocycles. The predicted molar refractivity (Wildman–Crippen MR) is 67.9 cm³/mol. The lowest BCUT2D eigenvalue weighted by Gasteiger charge is -2.31. The van der Waals surface area contributed by atoms with Crippen LogP contribution in [0.3, 0.4) is 0 Å². The zero-order valence-corrected chi connectivity index (χ0v) is 10.3. The van der Waals surface area contributed by atoms with Gasteiger partial charge in [-0.15, -0.1) is 0 Å². The first-order valence-electron chi connectivity index (χ1n) is 5.59. The Morgan fingerprint density at radius 1 is 1.31 bits per heavy atom. The monoisotopic (exact) mass is 234 g/mol. The highest BCUT2D eigenvalue weighted by molar-refractivity contribution is 6.31. The number of hydrogen-bond donors (Lipinski definition) is 2. The summed E-state index contributed by atoms with van der Waals surface area (Å²) in [5.41, 5.74) is 4.09. The van der Waals surface area contributed by atoms with E-state index in [0.717, 1.165) is 18.0 Å². The van der Waals surface area contributed by atoms with Gasteiger partial charge in [-0.3, -0.25) is 0 Å². The maximum atomic E-state index is 6.04. The fourth-order valence-electron chi connectivity index (χ4n) is 2.46. The van der Waals surface area contributed by atoms with E-state index in [0.29, 0.717) is 0 Å². The minimum atomic E-state index is 0.178. The Morgan fingerprint density at radius 3 is 2.94 bits per heavy atom. The van der Waals surface area contributed by atoms with Crippen molar-refractivity contribution in [2.45, 2.75) is 32.4 Å². The average Bonchev–Trinajstić information content (AvgIpc) is 2.52. The van der Waals surface area contributed by atoms with E-state index in [-0.39, 0.29) is 5.54 Å². The molecule has 0 aliphatic carbocycles. The fraction of sp³-hybridized carbons (Fsp3) is 0.385. The summed E-state index contributed by atoms with van der Waals surface area (Å²) in [7, 11) is 0. The molecule has 84 valence electrons. The molecule has 2 aromatic rings. The highest BCUT2D eigenvalue weighted by atomic mass is 35.5. The molecule has 0 bridgehead atoms. The Balaban J connectivity index is 2.21. The molecule has 2 N–H and O–H groups in total. The van der Waals surface area contributed by atoms with Gasteiger partial charge >= 0.3 is 0 Å². The minimum absolute atomic E-state index is 0.178. The first-order chi connectivity index (χ1) is 7.55. The van der Waals surface area contributed by atoms with Gasteiger partial charge in [0, 0.05) is 40.1 Å². The summed E-state index contributed by atoms with van der Waals surface area (Å²) in [5.74, 6) is 0. The summed E-state index contributed by atoms with van der Waals surface area (Å²) in [6.07, 6.45) is 1.04. The highest BCUT2D eigenvalue weighted by Gasteiger charge is 2.26. The van der Waals surface area contributed by atoms with Gasteiger partial charge in [-0.1, -0.05) is 11.6 Å². The third-order valence-corrected chi connectivity index (χ3v) is 3.55. The number of hydrogen-bond acceptors (Lipinski definition) is 1. The molecule has 16 heavy (non-hydrogen) atoms. The second-order valence-electron chi connectivity index (χ2n) is 5.19. The van der Waals surface area contributed by atoms with Crippen molar-refractivity contribution in [2.24, 2.45) is 0 Å². The van der Waals surface area contributed by atoms with Gasteiger partial charge in [0.05, 0.1) is 0 Å². The molecule has 0 amide bonds. The van der Waals surface area contributed by atoms with Crippen LogP contribution in [0.2, 0.25) is 5.02 Å². The van der Waals surface area contributed by atoms with Crippen LogP contribution in [0.4, 0.5) is 0 Å². The van der Waals surface area contributed by atoms with Gasteiger partial charge in [-0.05, 0) is 37.6 Å². The molecule has 2 nitrogen and oxygen atoms in total. The van der Waals surface area contributed by atoms with Crippen LogP contribution in [0.25, 0.3) is 10.9 Å². The van der Waals surface area contributed by atoms with Crippen LogP contribution in [0, 0.1) is 0 Å². The second kappa shape index (κ2) is 3.25. The van der Waals surface area contributed by atoms with Gasteiger partial charge in [0.1, 0.15) is 0 Å². The maximum absolute atomic E-state index is 6.04. The number of rotatable bonds is 0. The lowest BCUT2D eigenvalue weighted by atomic mass is 9.91. The SMILES string of the molecule is CC1(C)Cc2[nH]c3ccc(Cl)cc3c2CN1. The molecule has 1 aliphatic rings. The third-order valence-electron chi connectivity index (χ3n) is 3.32. The van der Waals surface area contributed by atoms with Crippen LogP contribution in [-0.2, 0) is 13.0 Å². The van der Waals surface area contributed by atoms with E-state index in [1.54, 1.807) is 0 Å². The number of aromatic amines is 1. The quantitative estimate of drug-likeness (QED) is 0.720. The van der Waals surface area contributed by atoms with Gasteiger partial charge in [0.25, 0.3) is 0 Å². The first-order valence-corrected chi connectivity index (χ1v) is 5.97. The van der Waals surface area contributed by atoms with E-state index in [2.05, 4.69) is 30.2 Å². The molecule has 0 unspecified atom stereocenters. The Labute approximate surface area is 100.0 Å². The smallest absolute Gasteiger partial charge is 0.0460 e. The molecule has 0 atom stereocenters. The Kier molecular flexibility index (Phi) is 2.07.